The van der Waals surface area contributed by atoms with Crippen LogP contribution in [0.15, 0.2) is 24.3 Å². The van der Waals surface area contributed by atoms with Gasteiger partial charge in [0.25, 0.3) is 0 Å². The molecular weight excluding hydrogens is 242 g/mol. The van der Waals surface area contributed by atoms with Crippen LogP contribution < -0.4 is 5.32 Å². The van der Waals surface area contributed by atoms with E-state index in [1.54, 1.807) is 0 Å². The topological polar surface area (TPSA) is 12.0 Å². The van der Waals surface area contributed by atoms with Crippen molar-refractivity contribution in [1.29, 1.82) is 0 Å². The molecule has 1 aliphatic carbocycles. The van der Waals surface area contributed by atoms with Crippen molar-refractivity contribution >= 4 is 11.6 Å². The first kappa shape index (κ1) is 13.9. The molecular formula is C16H24ClN. The molecule has 1 N–H and O–H groups in total. The SMILES string of the molecule is CCCNC(Cc1ccc(Cl)cc1)C1CCCC1. The van der Waals surface area contributed by atoms with Crippen LogP contribution in [-0.4, -0.2) is 12.6 Å². The van der Waals surface area contributed by atoms with Gasteiger partial charge in [0.05, 0.1) is 0 Å². The molecule has 1 aromatic carbocycles. The minimum Gasteiger partial charge on any atom is -0.313 e. The summed E-state index contributed by atoms with van der Waals surface area (Å²) >= 11 is 5.94. The molecule has 0 amide bonds. The van der Waals surface area contributed by atoms with Gasteiger partial charge in [-0.2, -0.15) is 0 Å². The van der Waals surface area contributed by atoms with Crippen molar-refractivity contribution in [2.24, 2.45) is 5.92 Å². The third-order valence-corrected chi connectivity index (χ3v) is 4.25. The summed E-state index contributed by atoms with van der Waals surface area (Å²) in [5.74, 6) is 0.868. The first-order valence-corrected chi connectivity index (χ1v) is 7.65. The second-order valence-electron chi connectivity index (χ2n) is 5.44. The minimum absolute atomic E-state index is 0.647. The summed E-state index contributed by atoms with van der Waals surface area (Å²) in [6.45, 7) is 3.37. The Hall–Kier alpha value is -0.530. The van der Waals surface area contributed by atoms with Gasteiger partial charge in [0.2, 0.25) is 0 Å². The van der Waals surface area contributed by atoms with Crippen LogP contribution in [0.3, 0.4) is 0 Å². The van der Waals surface area contributed by atoms with Crippen molar-refractivity contribution < 1.29 is 0 Å². The normalized spacial score (nSPS) is 18.1. The Labute approximate surface area is 116 Å². The van der Waals surface area contributed by atoms with Gasteiger partial charge in [0.1, 0.15) is 0 Å². The smallest absolute Gasteiger partial charge is 0.0406 e. The van der Waals surface area contributed by atoms with E-state index in [1.807, 2.05) is 12.1 Å². The van der Waals surface area contributed by atoms with E-state index in [1.165, 1.54) is 37.7 Å². The predicted molar refractivity (Wildman–Crippen MR) is 79.2 cm³/mol. The summed E-state index contributed by atoms with van der Waals surface area (Å²) in [7, 11) is 0. The highest BCUT2D eigenvalue weighted by molar-refractivity contribution is 6.30. The highest BCUT2D eigenvalue weighted by atomic mass is 35.5. The molecule has 100 valence electrons. The maximum atomic E-state index is 5.94. The molecule has 2 heteroatoms. The highest BCUT2D eigenvalue weighted by Gasteiger charge is 2.24. The van der Waals surface area contributed by atoms with Crippen LogP contribution in [0.2, 0.25) is 5.02 Å². The molecule has 1 unspecified atom stereocenters. The number of rotatable bonds is 6. The number of nitrogens with one attached hydrogen (secondary N) is 1. The Balaban J connectivity index is 1.97. The molecule has 1 nitrogen and oxygen atoms in total. The van der Waals surface area contributed by atoms with E-state index in [4.69, 9.17) is 11.6 Å². The molecule has 0 saturated heterocycles. The summed E-state index contributed by atoms with van der Waals surface area (Å²) in [5.41, 5.74) is 1.40. The van der Waals surface area contributed by atoms with Gasteiger partial charge < -0.3 is 5.32 Å². The summed E-state index contributed by atoms with van der Waals surface area (Å²) < 4.78 is 0. The van der Waals surface area contributed by atoms with Crippen LogP contribution in [-0.2, 0) is 6.42 Å². The van der Waals surface area contributed by atoms with Crippen LogP contribution in [0.1, 0.15) is 44.6 Å². The lowest BCUT2D eigenvalue weighted by Crippen LogP contribution is -2.37. The molecule has 1 saturated carbocycles. The van der Waals surface area contributed by atoms with Crippen LogP contribution >= 0.6 is 11.6 Å². The third kappa shape index (κ3) is 4.00. The van der Waals surface area contributed by atoms with E-state index in [-0.39, 0.29) is 0 Å². The molecule has 0 radical (unpaired) electrons. The lowest BCUT2D eigenvalue weighted by Gasteiger charge is -2.25. The summed E-state index contributed by atoms with van der Waals surface area (Å²) in [6.07, 6.45) is 7.97. The average molecular weight is 266 g/mol. The lowest BCUT2D eigenvalue weighted by molar-refractivity contribution is 0.356. The van der Waals surface area contributed by atoms with E-state index in [0.29, 0.717) is 6.04 Å². The molecule has 0 heterocycles. The molecule has 0 bridgehead atoms. The van der Waals surface area contributed by atoms with Crippen molar-refractivity contribution in [3.8, 4) is 0 Å². The fourth-order valence-electron chi connectivity index (χ4n) is 2.97. The van der Waals surface area contributed by atoms with Crippen LogP contribution in [0.4, 0.5) is 0 Å². The van der Waals surface area contributed by atoms with Gasteiger partial charge in [-0.3, -0.25) is 0 Å². The Morgan fingerprint density at radius 1 is 1.22 bits per heavy atom. The Morgan fingerprint density at radius 3 is 2.50 bits per heavy atom. The van der Waals surface area contributed by atoms with E-state index < -0.39 is 0 Å². The quantitative estimate of drug-likeness (QED) is 0.802. The Morgan fingerprint density at radius 2 is 1.89 bits per heavy atom. The number of hydrogen-bond acceptors (Lipinski definition) is 1. The minimum atomic E-state index is 0.647. The molecule has 18 heavy (non-hydrogen) atoms. The van der Waals surface area contributed by atoms with Crippen LogP contribution in [0.5, 0.6) is 0 Å². The van der Waals surface area contributed by atoms with E-state index in [0.717, 1.165) is 23.9 Å². The molecule has 2 rings (SSSR count). The van der Waals surface area contributed by atoms with E-state index in [2.05, 4.69) is 24.4 Å². The second kappa shape index (κ2) is 7.16. The fourth-order valence-corrected chi connectivity index (χ4v) is 3.10. The number of hydrogen-bond donors (Lipinski definition) is 1. The summed E-state index contributed by atoms with van der Waals surface area (Å²) in [4.78, 5) is 0. The fraction of sp³-hybridized carbons (Fsp3) is 0.625. The van der Waals surface area contributed by atoms with E-state index >= 15 is 0 Å². The Kier molecular flexibility index (Phi) is 5.52. The molecule has 0 spiro atoms. The monoisotopic (exact) mass is 265 g/mol. The number of benzene rings is 1. The maximum Gasteiger partial charge on any atom is 0.0406 e. The first-order chi connectivity index (χ1) is 8.79. The standard InChI is InChI=1S/C16H24ClN/c1-2-11-18-16(14-5-3-4-6-14)12-13-7-9-15(17)10-8-13/h7-10,14,16,18H,2-6,11-12H2,1H3. The van der Waals surface area contributed by atoms with Crippen LogP contribution in [0, 0.1) is 5.92 Å². The van der Waals surface area contributed by atoms with Gasteiger partial charge in [-0.15, -0.1) is 0 Å². The zero-order valence-electron chi connectivity index (χ0n) is 11.3. The average Bonchev–Trinajstić information content (AvgIpc) is 2.90. The number of halogens is 1. The zero-order valence-corrected chi connectivity index (χ0v) is 12.0. The molecule has 0 aromatic heterocycles. The molecule has 1 aromatic rings. The molecule has 0 aliphatic heterocycles. The maximum absolute atomic E-state index is 5.94. The van der Waals surface area contributed by atoms with Crippen molar-refractivity contribution in [2.75, 3.05) is 6.54 Å². The van der Waals surface area contributed by atoms with Crippen LogP contribution in [0.25, 0.3) is 0 Å². The molecule has 1 aliphatic rings. The van der Waals surface area contributed by atoms with Crippen molar-refractivity contribution in [3.05, 3.63) is 34.9 Å². The molecule has 1 fully saturated rings. The van der Waals surface area contributed by atoms with Gasteiger partial charge in [0, 0.05) is 11.1 Å². The second-order valence-corrected chi connectivity index (χ2v) is 5.87. The van der Waals surface area contributed by atoms with E-state index in [9.17, 15) is 0 Å². The van der Waals surface area contributed by atoms with Crippen molar-refractivity contribution in [1.82, 2.24) is 5.32 Å². The first-order valence-electron chi connectivity index (χ1n) is 7.27. The van der Waals surface area contributed by atoms with Gasteiger partial charge in [-0.05, 0) is 55.8 Å². The predicted octanol–water partition coefficient (Wildman–Crippen LogP) is 4.44. The molecule has 1 atom stereocenters. The third-order valence-electron chi connectivity index (χ3n) is 3.99. The van der Waals surface area contributed by atoms with Crippen molar-refractivity contribution in [2.45, 2.75) is 51.5 Å². The Bertz CT molecular complexity index is 341. The summed E-state index contributed by atoms with van der Waals surface area (Å²) in [6, 6.07) is 8.98. The van der Waals surface area contributed by atoms with Gasteiger partial charge in [0.15, 0.2) is 0 Å². The largest absolute Gasteiger partial charge is 0.313 e. The van der Waals surface area contributed by atoms with Gasteiger partial charge in [-0.1, -0.05) is 43.5 Å². The highest BCUT2D eigenvalue weighted by Crippen LogP contribution is 2.29. The summed E-state index contributed by atoms with van der Waals surface area (Å²) in [5, 5.41) is 4.57. The van der Waals surface area contributed by atoms with Crippen molar-refractivity contribution in [3.63, 3.8) is 0 Å². The van der Waals surface area contributed by atoms with Gasteiger partial charge >= 0.3 is 0 Å². The zero-order chi connectivity index (χ0) is 12.8. The lowest BCUT2D eigenvalue weighted by atomic mass is 9.92. The van der Waals surface area contributed by atoms with Gasteiger partial charge in [-0.25, -0.2) is 0 Å².